The van der Waals surface area contributed by atoms with E-state index in [1.165, 1.54) is 0 Å². The maximum atomic E-state index is 12.3. The topological polar surface area (TPSA) is 43.4 Å². The van der Waals surface area contributed by atoms with E-state index in [1.807, 2.05) is 38.1 Å². The van der Waals surface area contributed by atoms with Gasteiger partial charge in [-0.3, -0.25) is 9.59 Å². The van der Waals surface area contributed by atoms with E-state index in [9.17, 15) is 9.59 Å². The van der Waals surface area contributed by atoms with Gasteiger partial charge in [-0.2, -0.15) is 0 Å². The molecule has 0 aliphatic heterocycles. The lowest BCUT2D eigenvalue weighted by Gasteiger charge is -2.14. The minimum absolute atomic E-state index is 0.0467. The van der Waals surface area contributed by atoms with Crippen molar-refractivity contribution in [3.63, 3.8) is 0 Å². The van der Waals surface area contributed by atoms with Crippen LogP contribution in [-0.2, 0) is 20.7 Å². The van der Waals surface area contributed by atoms with Crippen LogP contribution in [0.15, 0.2) is 24.3 Å². The Labute approximate surface area is 115 Å². The van der Waals surface area contributed by atoms with Gasteiger partial charge >= 0.3 is 5.97 Å². The molecule has 1 unspecified atom stereocenters. The Hall–Kier alpha value is -1.64. The van der Waals surface area contributed by atoms with Crippen molar-refractivity contribution in [2.45, 2.75) is 40.0 Å². The molecule has 0 radical (unpaired) electrons. The van der Waals surface area contributed by atoms with Crippen LogP contribution in [0.3, 0.4) is 0 Å². The predicted molar refractivity (Wildman–Crippen MR) is 74.9 cm³/mol. The molecule has 104 valence electrons. The van der Waals surface area contributed by atoms with Crippen molar-refractivity contribution >= 4 is 11.8 Å². The lowest BCUT2D eigenvalue weighted by molar-refractivity contribution is -0.151. The van der Waals surface area contributed by atoms with Gasteiger partial charge < -0.3 is 4.74 Å². The first-order valence-electron chi connectivity index (χ1n) is 6.84. The summed E-state index contributed by atoms with van der Waals surface area (Å²) >= 11 is 0. The molecule has 0 aliphatic carbocycles. The molecular formula is C16H22O3. The first-order valence-corrected chi connectivity index (χ1v) is 6.84. The fourth-order valence-corrected chi connectivity index (χ4v) is 2.06. The number of aryl methyl sites for hydroxylation is 1. The van der Waals surface area contributed by atoms with Gasteiger partial charge in [0.2, 0.25) is 0 Å². The van der Waals surface area contributed by atoms with Gasteiger partial charge in [-0.15, -0.1) is 0 Å². The van der Waals surface area contributed by atoms with Crippen molar-refractivity contribution in [2.24, 2.45) is 5.92 Å². The minimum atomic E-state index is -0.621. The average molecular weight is 262 g/mol. The number of esters is 1. The summed E-state index contributed by atoms with van der Waals surface area (Å²) in [6.45, 7) is 6.01. The highest BCUT2D eigenvalue weighted by Crippen LogP contribution is 2.16. The maximum absolute atomic E-state index is 12.3. The summed E-state index contributed by atoms with van der Waals surface area (Å²) in [4.78, 5) is 24.1. The molecular weight excluding hydrogens is 240 g/mol. The molecule has 0 bridgehead atoms. The molecule has 0 heterocycles. The highest BCUT2D eigenvalue weighted by molar-refractivity contribution is 6.00. The fraction of sp³-hybridized carbons (Fsp3) is 0.500. The van der Waals surface area contributed by atoms with Crippen molar-refractivity contribution in [3.05, 3.63) is 35.4 Å². The van der Waals surface area contributed by atoms with E-state index in [0.717, 1.165) is 17.5 Å². The molecule has 0 amide bonds. The Morgan fingerprint density at radius 2 is 1.89 bits per heavy atom. The third kappa shape index (κ3) is 4.51. The van der Waals surface area contributed by atoms with Crippen molar-refractivity contribution in [1.82, 2.24) is 0 Å². The molecule has 19 heavy (non-hydrogen) atoms. The van der Waals surface area contributed by atoms with Gasteiger partial charge in [-0.05, 0) is 31.4 Å². The monoisotopic (exact) mass is 262 g/mol. The van der Waals surface area contributed by atoms with E-state index in [0.29, 0.717) is 19.4 Å². The quantitative estimate of drug-likeness (QED) is 0.560. The van der Waals surface area contributed by atoms with Gasteiger partial charge in [0.25, 0.3) is 0 Å². The first-order chi connectivity index (χ1) is 9.10. The van der Waals surface area contributed by atoms with Gasteiger partial charge in [0, 0.05) is 6.42 Å². The van der Waals surface area contributed by atoms with Crippen molar-refractivity contribution in [3.8, 4) is 0 Å². The number of rotatable bonds is 7. The van der Waals surface area contributed by atoms with Crippen LogP contribution in [0.2, 0.25) is 0 Å². The second-order valence-corrected chi connectivity index (χ2v) is 4.66. The van der Waals surface area contributed by atoms with Crippen LogP contribution in [0.4, 0.5) is 0 Å². The average Bonchev–Trinajstić information content (AvgIpc) is 2.38. The second kappa shape index (κ2) is 7.72. The molecule has 0 aliphatic rings. The van der Waals surface area contributed by atoms with Crippen molar-refractivity contribution < 1.29 is 14.3 Å². The third-order valence-corrected chi connectivity index (χ3v) is 3.16. The minimum Gasteiger partial charge on any atom is -0.465 e. The van der Waals surface area contributed by atoms with Gasteiger partial charge in [-0.25, -0.2) is 0 Å². The number of carbonyl (C=O) groups is 2. The Balaban J connectivity index is 2.77. The van der Waals surface area contributed by atoms with Gasteiger partial charge in [-0.1, -0.05) is 37.6 Å². The van der Waals surface area contributed by atoms with Crippen molar-refractivity contribution in [1.29, 1.82) is 0 Å². The summed E-state index contributed by atoms with van der Waals surface area (Å²) in [5.74, 6) is -1.05. The molecule has 1 aromatic rings. The van der Waals surface area contributed by atoms with E-state index in [-0.39, 0.29) is 11.8 Å². The molecule has 0 N–H and O–H groups in total. The molecule has 0 aromatic heterocycles. The molecule has 3 nitrogen and oxygen atoms in total. The lowest BCUT2D eigenvalue weighted by Crippen LogP contribution is -2.27. The largest absolute Gasteiger partial charge is 0.465 e. The second-order valence-electron chi connectivity index (χ2n) is 4.66. The number of carbonyl (C=O) groups excluding carboxylic acids is 2. The normalized spacial score (nSPS) is 11.9. The molecule has 1 aromatic carbocycles. The van der Waals surface area contributed by atoms with Gasteiger partial charge in [0.15, 0.2) is 5.78 Å². The van der Waals surface area contributed by atoms with Gasteiger partial charge in [0.1, 0.15) is 5.92 Å². The summed E-state index contributed by atoms with van der Waals surface area (Å²) in [7, 11) is 0. The number of hydrogen-bond donors (Lipinski definition) is 0. The number of Topliss-reactive ketones (excluding diaryl/α,β-unsaturated/α-hetero) is 1. The zero-order valence-corrected chi connectivity index (χ0v) is 11.9. The first kappa shape index (κ1) is 15.4. The third-order valence-electron chi connectivity index (χ3n) is 3.16. The predicted octanol–water partition coefficient (Wildman–Crippen LogP) is 3.09. The van der Waals surface area contributed by atoms with E-state index in [4.69, 9.17) is 4.74 Å². The fourth-order valence-electron chi connectivity index (χ4n) is 2.06. The Morgan fingerprint density at radius 1 is 1.21 bits per heavy atom. The number of ketones is 1. The molecule has 0 fully saturated rings. The van der Waals surface area contributed by atoms with E-state index in [2.05, 4.69) is 0 Å². The zero-order valence-electron chi connectivity index (χ0n) is 11.9. The summed E-state index contributed by atoms with van der Waals surface area (Å²) in [6, 6.07) is 7.76. The summed E-state index contributed by atoms with van der Waals surface area (Å²) in [5.41, 5.74) is 2.06. The van der Waals surface area contributed by atoms with Crippen molar-refractivity contribution in [2.75, 3.05) is 6.61 Å². The standard InChI is InChI=1S/C16H22O3/c1-4-8-14(16(18)19-5-2)15(17)11-13-10-7-6-9-12(13)3/h6-7,9-10,14H,4-5,8,11H2,1-3H3. The van der Waals surface area contributed by atoms with E-state index in [1.54, 1.807) is 6.92 Å². The highest BCUT2D eigenvalue weighted by atomic mass is 16.5. The Morgan fingerprint density at radius 3 is 2.47 bits per heavy atom. The molecule has 0 saturated heterocycles. The molecule has 0 spiro atoms. The maximum Gasteiger partial charge on any atom is 0.316 e. The van der Waals surface area contributed by atoms with Crippen LogP contribution in [0, 0.1) is 12.8 Å². The smallest absolute Gasteiger partial charge is 0.316 e. The van der Waals surface area contributed by atoms with Crippen LogP contribution in [-0.4, -0.2) is 18.4 Å². The Kier molecular flexibility index (Phi) is 6.26. The molecule has 3 heteroatoms. The zero-order chi connectivity index (χ0) is 14.3. The Bertz CT molecular complexity index is 437. The van der Waals surface area contributed by atoms with Gasteiger partial charge in [0.05, 0.1) is 6.61 Å². The summed E-state index contributed by atoms with van der Waals surface area (Å²) in [6.07, 6.45) is 1.66. The van der Waals surface area contributed by atoms with Crippen LogP contribution in [0.1, 0.15) is 37.8 Å². The number of benzene rings is 1. The molecule has 1 rings (SSSR count). The number of ether oxygens (including phenoxy) is 1. The van der Waals surface area contributed by atoms with Crippen LogP contribution in [0.5, 0.6) is 0 Å². The van der Waals surface area contributed by atoms with E-state index >= 15 is 0 Å². The van der Waals surface area contributed by atoms with E-state index < -0.39 is 5.92 Å². The summed E-state index contributed by atoms with van der Waals surface area (Å²) in [5, 5.41) is 0. The van der Waals surface area contributed by atoms with Crippen LogP contribution >= 0.6 is 0 Å². The SMILES string of the molecule is CCCC(C(=O)Cc1ccccc1C)C(=O)OCC. The highest BCUT2D eigenvalue weighted by Gasteiger charge is 2.26. The summed E-state index contributed by atoms with van der Waals surface area (Å²) < 4.78 is 4.99. The van der Waals surface area contributed by atoms with Crippen LogP contribution < -0.4 is 0 Å². The molecule has 1 atom stereocenters. The van der Waals surface area contributed by atoms with Crippen LogP contribution in [0.25, 0.3) is 0 Å². The number of hydrogen-bond acceptors (Lipinski definition) is 3. The molecule has 0 saturated carbocycles. The lowest BCUT2D eigenvalue weighted by atomic mass is 9.92.